The monoisotopic (exact) mass is 210 g/mol. The molecule has 0 amide bonds. The first kappa shape index (κ1) is 11.4. The van der Waals surface area contributed by atoms with Crippen LogP contribution < -0.4 is 10.6 Å². The van der Waals surface area contributed by atoms with E-state index in [0.29, 0.717) is 0 Å². The van der Waals surface area contributed by atoms with E-state index < -0.39 is 0 Å². The Morgan fingerprint density at radius 2 is 2.00 bits per heavy atom. The summed E-state index contributed by atoms with van der Waals surface area (Å²) in [6, 6.07) is 0.745. The van der Waals surface area contributed by atoms with Gasteiger partial charge in [0.05, 0.1) is 0 Å². The standard InChI is InChI=1S/C13H26N2/c1-11(13-6-2-3-7-13)15-10-12-5-4-8-14-9-12/h11-15H,2-10H2,1H3. The molecule has 1 saturated heterocycles. The van der Waals surface area contributed by atoms with Crippen LogP contribution in [-0.2, 0) is 0 Å². The summed E-state index contributed by atoms with van der Waals surface area (Å²) in [5.74, 6) is 1.84. The average Bonchev–Trinajstić information content (AvgIpc) is 2.81. The lowest BCUT2D eigenvalue weighted by atomic mass is 9.96. The maximum atomic E-state index is 3.75. The molecule has 0 aromatic carbocycles. The van der Waals surface area contributed by atoms with Gasteiger partial charge in [0.2, 0.25) is 0 Å². The summed E-state index contributed by atoms with van der Waals surface area (Å²) in [5.41, 5.74) is 0. The van der Waals surface area contributed by atoms with Crippen molar-refractivity contribution in [3.63, 3.8) is 0 Å². The van der Waals surface area contributed by atoms with E-state index in [1.807, 2.05) is 0 Å². The molecular formula is C13H26N2. The quantitative estimate of drug-likeness (QED) is 0.743. The largest absolute Gasteiger partial charge is 0.316 e. The minimum atomic E-state index is 0.745. The topological polar surface area (TPSA) is 24.1 Å². The summed E-state index contributed by atoms with van der Waals surface area (Å²) in [5, 5.41) is 7.24. The van der Waals surface area contributed by atoms with Crippen LogP contribution >= 0.6 is 0 Å². The summed E-state index contributed by atoms with van der Waals surface area (Å²) >= 11 is 0. The van der Waals surface area contributed by atoms with Crippen molar-refractivity contribution in [3.05, 3.63) is 0 Å². The Morgan fingerprint density at radius 3 is 2.67 bits per heavy atom. The molecule has 2 heteroatoms. The van der Waals surface area contributed by atoms with Crippen LogP contribution in [0.3, 0.4) is 0 Å². The molecule has 0 aromatic heterocycles. The van der Waals surface area contributed by atoms with Gasteiger partial charge in [-0.3, -0.25) is 0 Å². The van der Waals surface area contributed by atoms with Gasteiger partial charge in [-0.1, -0.05) is 12.8 Å². The van der Waals surface area contributed by atoms with Gasteiger partial charge in [0.15, 0.2) is 0 Å². The first-order valence-corrected chi connectivity index (χ1v) is 6.80. The van der Waals surface area contributed by atoms with Crippen molar-refractivity contribution in [2.75, 3.05) is 19.6 Å². The summed E-state index contributed by atoms with van der Waals surface area (Å²) in [4.78, 5) is 0. The summed E-state index contributed by atoms with van der Waals surface area (Å²) < 4.78 is 0. The normalized spacial score (nSPS) is 30.6. The highest BCUT2D eigenvalue weighted by Gasteiger charge is 2.22. The third-order valence-corrected chi connectivity index (χ3v) is 4.23. The number of nitrogens with one attached hydrogen (secondary N) is 2. The van der Waals surface area contributed by atoms with Crippen molar-refractivity contribution in [1.82, 2.24) is 10.6 Å². The molecule has 1 aliphatic carbocycles. The van der Waals surface area contributed by atoms with Gasteiger partial charge in [0.1, 0.15) is 0 Å². The second kappa shape index (κ2) is 5.86. The molecule has 2 N–H and O–H groups in total. The van der Waals surface area contributed by atoms with Crippen molar-refractivity contribution in [1.29, 1.82) is 0 Å². The fraction of sp³-hybridized carbons (Fsp3) is 1.00. The molecule has 2 unspecified atom stereocenters. The lowest BCUT2D eigenvalue weighted by Crippen LogP contribution is -2.41. The van der Waals surface area contributed by atoms with Gasteiger partial charge in [-0.15, -0.1) is 0 Å². The number of hydrogen-bond donors (Lipinski definition) is 2. The zero-order valence-corrected chi connectivity index (χ0v) is 10.1. The minimum Gasteiger partial charge on any atom is -0.316 e. The Bertz CT molecular complexity index is 169. The maximum absolute atomic E-state index is 3.75. The first-order chi connectivity index (χ1) is 7.36. The highest BCUT2D eigenvalue weighted by atomic mass is 14.9. The second-order valence-electron chi connectivity index (χ2n) is 5.45. The molecule has 1 aliphatic heterocycles. The molecule has 2 nitrogen and oxygen atoms in total. The molecule has 1 saturated carbocycles. The predicted molar refractivity (Wildman–Crippen MR) is 65.0 cm³/mol. The summed E-state index contributed by atoms with van der Waals surface area (Å²) in [6.07, 6.45) is 8.61. The molecule has 0 bridgehead atoms. The molecule has 1 heterocycles. The van der Waals surface area contributed by atoms with Gasteiger partial charge in [0.25, 0.3) is 0 Å². The molecule has 0 radical (unpaired) electrons. The molecular weight excluding hydrogens is 184 g/mol. The lowest BCUT2D eigenvalue weighted by molar-refractivity contribution is 0.313. The van der Waals surface area contributed by atoms with Crippen LogP contribution in [0.4, 0.5) is 0 Å². The number of rotatable bonds is 4. The molecule has 0 spiro atoms. The van der Waals surface area contributed by atoms with E-state index in [-0.39, 0.29) is 0 Å². The predicted octanol–water partition coefficient (Wildman–Crippen LogP) is 2.15. The Labute approximate surface area is 94.2 Å². The van der Waals surface area contributed by atoms with Crippen LogP contribution in [0.2, 0.25) is 0 Å². The molecule has 2 aliphatic rings. The van der Waals surface area contributed by atoms with Gasteiger partial charge >= 0.3 is 0 Å². The Kier molecular flexibility index (Phi) is 4.45. The van der Waals surface area contributed by atoms with Gasteiger partial charge in [-0.25, -0.2) is 0 Å². The Hall–Kier alpha value is -0.0800. The fourth-order valence-corrected chi connectivity index (χ4v) is 3.07. The van der Waals surface area contributed by atoms with E-state index in [1.165, 1.54) is 58.2 Å². The summed E-state index contributed by atoms with van der Waals surface area (Å²) in [6.45, 7) is 6.07. The van der Waals surface area contributed by atoms with Crippen LogP contribution in [-0.4, -0.2) is 25.7 Å². The van der Waals surface area contributed by atoms with Crippen molar-refractivity contribution < 1.29 is 0 Å². The van der Waals surface area contributed by atoms with Crippen LogP contribution in [0.1, 0.15) is 45.4 Å². The van der Waals surface area contributed by atoms with Crippen LogP contribution in [0, 0.1) is 11.8 Å². The third kappa shape index (κ3) is 3.46. The van der Waals surface area contributed by atoms with E-state index in [9.17, 15) is 0 Å². The highest BCUT2D eigenvalue weighted by Crippen LogP contribution is 2.27. The van der Waals surface area contributed by atoms with Gasteiger partial charge < -0.3 is 10.6 Å². The zero-order valence-electron chi connectivity index (χ0n) is 10.1. The van der Waals surface area contributed by atoms with Crippen molar-refractivity contribution in [3.8, 4) is 0 Å². The third-order valence-electron chi connectivity index (χ3n) is 4.23. The second-order valence-corrected chi connectivity index (χ2v) is 5.45. The van der Waals surface area contributed by atoms with E-state index in [0.717, 1.165) is 17.9 Å². The molecule has 2 fully saturated rings. The van der Waals surface area contributed by atoms with Gasteiger partial charge in [-0.05, 0) is 64.1 Å². The number of piperidine rings is 1. The van der Waals surface area contributed by atoms with Gasteiger partial charge in [-0.2, -0.15) is 0 Å². The molecule has 0 aromatic rings. The van der Waals surface area contributed by atoms with E-state index in [4.69, 9.17) is 0 Å². The molecule has 88 valence electrons. The highest BCUT2D eigenvalue weighted by molar-refractivity contribution is 4.79. The molecule has 2 rings (SSSR count). The minimum absolute atomic E-state index is 0.745. The molecule has 15 heavy (non-hydrogen) atoms. The summed E-state index contributed by atoms with van der Waals surface area (Å²) in [7, 11) is 0. The fourth-order valence-electron chi connectivity index (χ4n) is 3.07. The lowest BCUT2D eigenvalue weighted by Gasteiger charge is -2.27. The van der Waals surface area contributed by atoms with Crippen LogP contribution in [0.5, 0.6) is 0 Å². The van der Waals surface area contributed by atoms with Crippen molar-refractivity contribution >= 4 is 0 Å². The zero-order chi connectivity index (χ0) is 10.5. The first-order valence-electron chi connectivity index (χ1n) is 6.80. The SMILES string of the molecule is CC(NCC1CCCNC1)C1CCCC1. The average molecular weight is 210 g/mol. The molecule has 2 atom stereocenters. The maximum Gasteiger partial charge on any atom is 0.00671 e. The Balaban J connectivity index is 1.63. The van der Waals surface area contributed by atoms with Crippen molar-refractivity contribution in [2.45, 2.75) is 51.5 Å². The van der Waals surface area contributed by atoms with E-state index in [2.05, 4.69) is 17.6 Å². The van der Waals surface area contributed by atoms with E-state index >= 15 is 0 Å². The van der Waals surface area contributed by atoms with E-state index in [1.54, 1.807) is 0 Å². The smallest absolute Gasteiger partial charge is 0.00671 e. The van der Waals surface area contributed by atoms with Crippen LogP contribution in [0.25, 0.3) is 0 Å². The van der Waals surface area contributed by atoms with Crippen molar-refractivity contribution in [2.24, 2.45) is 11.8 Å². The van der Waals surface area contributed by atoms with Gasteiger partial charge in [0, 0.05) is 6.04 Å². The van der Waals surface area contributed by atoms with Crippen LogP contribution in [0.15, 0.2) is 0 Å². The Morgan fingerprint density at radius 1 is 1.20 bits per heavy atom. The number of hydrogen-bond acceptors (Lipinski definition) is 2.